The maximum atomic E-state index is 13.0. The fourth-order valence-corrected chi connectivity index (χ4v) is 2.30. The lowest BCUT2D eigenvalue weighted by Gasteiger charge is -2.14. The summed E-state index contributed by atoms with van der Waals surface area (Å²) >= 11 is 3.32. The highest BCUT2D eigenvalue weighted by Gasteiger charge is 2.10. The molecule has 0 aliphatic rings. The van der Waals surface area contributed by atoms with E-state index in [9.17, 15) is 4.39 Å². The first-order valence-electron chi connectivity index (χ1n) is 6.08. The van der Waals surface area contributed by atoms with Gasteiger partial charge in [-0.2, -0.15) is 0 Å². The molecule has 0 saturated carbocycles. The van der Waals surface area contributed by atoms with Crippen LogP contribution < -0.4 is 15.2 Å². The Labute approximate surface area is 125 Å². The Morgan fingerprint density at radius 3 is 2.65 bits per heavy atom. The second kappa shape index (κ2) is 6.72. The molecule has 106 valence electrons. The maximum absolute atomic E-state index is 13.0. The fourth-order valence-electron chi connectivity index (χ4n) is 1.84. The zero-order valence-electron chi connectivity index (χ0n) is 11.0. The van der Waals surface area contributed by atoms with E-state index in [1.54, 1.807) is 13.2 Å². The van der Waals surface area contributed by atoms with Crippen molar-refractivity contribution in [2.24, 2.45) is 5.73 Å². The van der Waals surface area contributed by atoms with Gasteiger partial charge in [0.05, 0.1) is 7.11 Å². The number of para-hydroxylation sites is 1. The topological polar surface area (TPSA) is 44.5 Å². The van der Waals surface area contributed by atoms with Gasteiger partial charge in [0.25, 0.3) is 0 Å². The summed E-state index contributed by atoms with van der Waals surface area (Å²) in [5.41, 5.74) is 7.41. The van der Waals surface area contributed by atoms with Crippen LogP contribution in [0, 0.1) is 5.82 Å². The van der Waals surface area contributed by atoms with Crippen LogP contribution in [0.2, 0.25) is 0 Å². The first-order chi connectivity index (χ1) is 9.65. The molecular weight excluding hydrogens is 325 g/mol. The van der Waals surface area contributed by atoms with Gasteiger partial charge in [-0.15, -0.1) is 0 Å². The monoisotopic (exact) mass is 339 g/mol. The SMILES string of the molecule is COc1cccc(CN)c1OCc1ccc(F)cc1Br. The number of nitrogens with two attached hydrogens (primary N) is 1. The minimum atomic E-state index is -0.291. The van der Waals surface area contributed by atoms with Crippen molar-refractivity contribution in [2.75, 3.05) is 7.11 Å². The lowest BCUT2D eigenvalue weighted by atomic mass is 10.2. The predicted molar refractivity (Wildman–Crippen MR) is 79.3 cm³/mol. The summed E-state index contributed by atoms with van der Waals surface area (Å²) in [6, 6.07) is 10.0. The molecule has 0 aliphatic carbocycles. The molecule has 0 atom stereocenters. The van der Waals surface area contributed by atoms with Gasteiger partial charge in [-0.1, -0.05) is 34.1 Å². The minimum absolute atomic E-state index is 0.291. The van der Waals surface area contributed by atoms with Crippen LogP contribution in [0.5, 0.6) is 11.5 Å². The van der Waals surface area contributed by atoms with E-state index in [1.165, 1.54) is 12.1 Å². The lowest BCUT2D eigenvalue weighted by molar-refractivity contribution is 0.280. The molecule has 0 heterocycles. The van der Waals surface area contributed by atoms with Crippen molar-refractivity contribution >= 4 is 15.9 Å². The summed E-state index contributed by atoms with van der Waals surface area (Å²) in [4.78, 5) is 0. The van der Waals surface area contributed by atoms with Crippen molar-refractivity contribution in [3.63, 3.8) is 0 Å². The lowest BCUT2D eigenvalue weighted by Crippen LogP contribution is -2.05. The zero-order valence-corrected chi connectivity index (χ0v) is 12.6. The molecule has 0 spiro atoms. The van der Waals surface area contributed by atoms with Crippen LogP contribution >= 0.6 is 15.9 Å². The second-order valence-corrected chi connectivity index (χ2v) is 5.03. The minimum Gasteiger partial charge on any atom is -0.493 e. The van der Waals surface area contributed by atoms with E-state index in [0.29, 0.717) is 29.1 Å². The van der Waals surface area contributed by atoms with Crippen molar-refractivity contribution in [3.05, 3.63) is 57.8 Å². The number of hydrogen-bond donors (Lipinski definition) is 1. The standard InChI is InChI=1S/C15H15BrFNO2/c1-19-14-4-2-3-10(8-18)15(14)20-9-11-5-6-12(17)7-13(11)16/h2-7H,8-9,18H2,1H3. The number of rotatable bonds is 5. The fraction of sp³-hybridized carbons (Fsp3) is 0.200. The van der Waals surface area contributed by atoms with Gasteiger partial charge < -0.3 is 15.2 Å². The summed E-state index contributed by atoms with van der Waals surface area (Å²) in [7, 11) is 1.58. The molecule has 0 fully saturated rings. The van der Waals surface area contributed by atoms with Crippen LogP contribution in [0.4, 0.5) is 4.39 Å². The summed E-state index contributed by atoms with van der Waals surface area (Å²) in [5, 5.41) is 0. The number of hydrogen-bond acceptors (Lipinski definition) is 3. The quantitative estimate of drug-likeness (QED) is 0.904. The smallest absolute Gasteiger partial charge is 0.166 e. The van der Waals surface area contributed by atoms with Crippen LogP contribution in [-0.2, 0) is 13.2 Å². The molecule has 0 radical (unpaired) electrons. The van der Waals surface area contributed by atoms with E-state index >= 15 is 0 Å². The van der Waals surface area contributed by atoms with Gasteiger partial charge in [0, 0.05) is 22.1 Å². The van der Waals surface area contributed by atoms with E-state index in [4.69, 9.17) is 15.2 Å². The maximum Gasteiger partial charge on any atom is 0.166 e. The summed E-state index contributed by atoms with van der Waals surface area (Å²) in [5.74, 6) is 0.959. The van der Waals surface area contributed by atoms with E-state index in [1.807, 2.05) is 18.2 Å². The van der Waals surface area contributed by atoms with Gasteiger partial charge in [0.2, 0.25) is 0 Å². The third kappa shape index (κ3) is 3.29. The number of benzene rings is 2. The molecule has 2 N–H and O–H groups in total. The third-order valence-electron chi connectivity index (χ3n) is 2.89. The van der Waals surface area contributed by atoms with Gasteiger partial charge in [0.1, 0.15) is 12.4 Å². The molecule has 5 heteroatoms. The van der Waals surface area contributed by atoms with Gasteiger partial charge in [-0.25, -0.2) is 4.39 Å². The molecule has 0 saturated heterocycles. The highest BCUT2D eigenvalue weighted by molar-refractivity contribution is 9.10. The average Bonchev–Trinajstić information content (AvgIpc) is 2.46. The predicted octanol–water partition coefficient (Wildman–Crippen LogP) is 3.63. The Balaban J connectivity index is 2.22. The van der Waals surface area contributed by atoms with E-state index in [2.05, 4.69) is 15.9 Å². The van der Waals surface area contributed by atoms with Crippen LogP contribution in [0.3, 0.4) is 0 Å². The van der Waals surface area contributed by atoms with Gasteiger partial charge >= 0.3 is 0 Å². The van der Waals surface area contributed by atoms with Crippen LogP contribution in [0.25, 0.3) is 0 Å². The van der Waals surface area contributed by atoms with Crippen molar-refractivity contribution in [3.8, 4) is 11.5 Å². The first-order valence-corrected chi connectivity index (χ1v) is 6.87. The molecular formula is C15H15BrFNO2. The van der Waals surface area contributed by atoms with Crippen LogP contribution in [0.1, 0.15) is 11.1 Å². The Bertz CT molecular complexity index is 582. The molecule has 0 bridgehead atoms. The van der Waals surface area contributed by atoms with E-state index in [0.717, 1.165) is 11.1 Å². The Morgan fingerprint density at radius 1 is 1.20 bits per heavy atom. The van der Waals surface area contributed by atoms with Crippen molar-refractivity contribution in [2.45, 2.75) is 13.2 Å². The molecule has 0 unspecified atom stereocenters. The van der Waals surface area contributed by atoms with Crippen molar-refractivity contribution in [1.29, 1.82) is 0 Å². The third-order valence-corrected chi connectivity index (χ3v) is 3.63. The summed E-state index contributed by atoms with van der Waals surface area (Å²) < 4.78 is 24.8. The first kappa shape index (κ1) is 14.8. The molecule has 0 aliphatic heterocycles. The Kier molecular flexibility index (Phi) is 4.98. The zero-order chi connectivity index (χ0) is 14.5. The number of methoxy groups -OCH3 is 1. The Hall–Kier alpha value is -1.59. The van der Waals surface area contributed by atoms with Crippen molar-refractivity contribution in [1.82, 2.24) is 0 Å². The van der Waals surface area contributed by atoms with Gasteiger partial charge in [-0.05, 0) is 18.2 Å². The largest absolute Gasteiger partial charge is 0.493 e. The van der Waals surface area contributed by atoms with Gasteiger partial charge in [0.15, 0.2) is 11.5 Å². The normalized spacial score (nSPS) is 10.4. The van der Waals surface area contributed by atoms with E-state index in [-0.39, 0.29) is 5.82 Å². The summed E-state index contributed by atoms with van der Waals surface area (Å²) in [6.07, 6.45) is 0. The highest BCUT2D eigenvalue weighted by atomic mass is 79.9. The average molecular weight is 340 g/mol. The van der Waals surface area contributed by atoms with E-state index < -0.39 is 0 Å². The van der Waals surface area contributed by atoms with Crippen LogP contribution in [-0.4, -0.2) is 7.11 Å². The summed E-state index contributed by atoms with van der Waals surface area (Å²) in [6.45, 7) is 0.658. The number of halogens is 2. The van der Waals surface area contributed by atoms with Crippen molar-refractivity contribution < 1.29 is 13.9 Å². The van der Waals surface area contributed by atoms with Gasteiger partial charge in [-0.3, -0.25) is 0 Å². The molecule has 0 aromatic heterocycles. The molecule has 20 heavy (non-hydrogen) atoms. The molecule has 2 aromatic carbocycles. The number of ether oxygens (including phenoxy) is 2. The Morgan fingerprint density at radius 2 is 2.00 bits per heavy atom. The molecule has 3 nitrogen and oxygen atoms in total. The van der Waals surface area contributed by atoms with Crippen LogP contribution in [0.15, 0.2) is 40.9 Å². The second-order valence-electron chi connectivity index (χ2n) is 4.18. The highest BCUT2D eigenvalue weighted by Crippen LogP contribution is 2.32. The molecule has 0 amide bonds. The molecule has 2 aromatic rings. The molecule has 2 rings (SSSR count).